The Balaban J connectivity index is 1.57. The molecule has 2 heterocycles. The minimum Gasteiger partial charge on any atom is -0.375 e. The third-order valence-corrected chi connectivity index (χ3v) is 5.24. The number of aromatic amines is 1. The molecule has 1 amide bonds. The molecule has 1 aliphatic rings. The summed E-state index contributed by atoms with van der Waals surface area (Å²) >= 11 is 0. The molecule has 1 saturated heterocycles. The number of morpholine rings is 1. The second-order valence-corrected chi connectivity index (χ2v) is 7.49. The molecule has 0 bridgehead atoms. The first-order valence-electron chi connectivity index (χ1n) is 9.50. The van der Waals surface area contributed by atoms with Gasteiger partial charge in [0.15, 0.2) is 0 Å². The van der Waals surface area contributed by atoms with Gasteiger partial charge in [-0.3, -0.25) is 4.79 Å². The smallest absolute Gasteiger partial charge is 0.272 e. The number of fused-ring (bicyclic) bond motifs is 1. The van der Waals surface area contributed by atoms with Crippen molar-refractivity contribution in [2.45, 2.75) is 32.9 Å². The number of aryl methyl sites for hydroxylation is 1. The summed E-state index contributed by atoms with van der Waals surface area (Å²) in [7, 11) is 0. The molecule has 2 atom stereocenters. The Morgan fingerprint density at radius 3 is 2.86 bits per heavy atom. The van der Waals surface area contributed by atoms with Crippen LogP contribution in [0.4, 0.5) is 15.8 Å². The van der Waals surface area contributed by atoms with Gasteiger partial charge in [0.2, 0.25) is 0 Å². The van der Waals surface area contributed by atoms with Gasteiger partial charge in [0, 0.05) is 29.3 Å². The first kappa shape index (κ1) is 18.5. The largest absolute Gasteiger partial charge is 0.375 e. The van der Waals surface area contributed by atoms with Gasteiger partial charge in [0.25, 0.3) is 5.91 Å². The lowest BCUT2D eigenvalue weighted by atomic mass is 10.1. The molecule has 0 spiro atoms. The van der Waals surface area contributed by atoms with Gasteiger partial charge >= 0.3 is 0 Å². The highest BCUT2D eigenvalue weighted by Gasteiger charge is 2.24. The van der Waals surface area contributed by atoms with E-state index >= 15 is 0 Å². The molecule has 2 unspecified atom stereocenters. The summed E-state index contributed by atoms with van der Waals surface area (Å²) in [6, 6.07) is 12.7. The molecular weight excluding hydrogens is 357 g/mol. The quantitative estimate of drug-likeness (QED) is 0.703. The van der Waals surface area contributed by atoms with Gasteiger partial charge in [-0.25, -0.2) is 4.39 Å². The Bertz CT molecular complexity index is 991. The van der Waals surface area contributed by atoms with Gasteiger partial charge in [0.05, 0.1) is 18.2 Å². The summed E-state index contributed by atoms with van der Waals surface area (Å²) in [4.78, 5) is 18.0. The van der Waals surface area contributed by atoms with E-state index in [2.05, 4.69) is 29.0 Å². The zero-order valence-corrected chi connectivity index (χ0v) is 16.3. The molecule has 0 aliphatic carbocycles. The fraction of sp³-hybridized carbons (Fsp3) is 0.318. The van der Waals surface area contributed by atoms with Crippen LogP contribution < -0.4 is 10.2 Å². The van der Waals surface area contributed by atoms with Gasteiger partial charge < -0.3 is 19.9 Å². The van der Waals surface area contributed by atoms with Crippen LogP contribution in [0.1, 0.15) is 29.9 Å². The number of ether oxygens (including phenoxy) is 1. The van der Waals surface area contributed by atoms with E-state index in [0.717, 1.165) is 17.8 Å². The van der Waals surface area contributed by atoms with Crippen molar-refractivity contribution in [2.24, 2.45) is 0 Å². The van der Waals surface area contributed by atoms with E-state index in [1.165, 1.54) is 6.07 Å². The van der Waals surface area contributed by atoms with Gasteiger partial charge in [-0.15, -0.1) is 0 Å². The molecule has 1 aliphatic heterocycles. The lowest BCUT2D eigenvalue weighted by Crippen LogP contribution is -2.47. The number of aromatic nitrogens is 1. The van der Waals surface area contributed by atoms with Crippen LogP contribution in [-0.2, 0) is 4.74 Å². The molecule has 4 rings (SSSR count). The van der Waals surface area contributed by atoms with Crippen molar-refractivity contribution in [3.63, 3.8) is 0 Å². The molecule has 1 fully saturated rings. The Hall–Kier alpha value is -2.86. The van der Waals surface area contributed by atoms with E-state index < -0.39 is 0 Å². The van der Waals surface area contributed by atoms with Gasteiger partial charge in [0.1, 0.15) is 11.5 Å². The summed E-state index contributed by atoms with van der Waals surface area (Å²) in [5, 5.41) is 3.34. The second kappa shape index (κ2) is 7.28. The van der Waals surface area contributed by atoms with Crippen LogP contribution in [0.25, 0.3) is 10.9 Å². The second-order valence-electron chi connectivity index (χ2n) is 7.49. The lowest BCUT2D eigenvalue weighted by Gasteiger charge is -2.38. The van der Waals surface area contributed by atoms with Crippen LogP contribution >= 0.6 is 0 Å². The lowest BCUT2D eigenvalue weighted by molar-refractivity contribution is 0.0344. The number of benzene rings is 2. The minimum atomic E-state index is -0.340. The maximum Gasteiger partial charge on any atom is 0.272 e. The number of H-pyrrole nitrogens is 1. The van der Waals surface area contributed by atoms with Crippen molar-refractivity contribution in [1.82, 2.24) is 4.98 Å². The summed E-state index contributed by atoms with van der Waals surface area (Å²) in [6.45, 7) is 7.55. The highest BCUT2D eigenvalue weighted by atomic mass is 19.1. The van der Waals surface area contributed by atoms with Crippen molar-refractivity contribution in [3.8, 4) is 0 Å². The van der Waals surface area contributed by atoms with Gasteiger partial charge in [-0.1, -0.05) is 12.1 Å². The molecule has 146 valence electrons. The van der Waals surface area contributed by atoms with Crippen molar-refractivity contribution in [2.75, 3.05) is 23.4 Å². The number of nitrogens with one attached hydrogen (secondary N) is 2. The summed E-state index contributed by atoms with van der Waals surface area (Å²) < 4.78 is 19.7. The van der Waals surface area contributed by atoms with Gasteiger partial charge in [-0.2, -0.15) is 0 Å². The van der Waals surface area contributed by atoms with E-state index in [1.54, 1.807) is 12.1 Å². The molecule has 6 heteroatoms. The summed E-state index contributed by atoms with van der Waals surface area (Å²) in [6.07, 6.45) is 0.166. The Morgan fingerprint density at radius 2 is 2.07 bits per heavy atom. The van der Waals surface area contributed by atoms with Crippen LogP contribution in [0.5, 0.6) is 0 Å². The zero-order chi connectivity index (χ0) is 19.8. The molecule has 0 radical (unpaired) electrons. The number of hydrogen-bond acceptors (Lipinski definition) is 3. The number of carbonyl (C=O) groups excluding carboxylic acids is 1. The number of halogens is 1. The van der Waals surface area contributed by atoms with E-state index in [1.807, 2.05) is 31.2 Å². The Morgan fingerprint density at radius 1 is 1.25 bits per heavy atom. The SMILES string of the molecule is Cc1ccc(F)c2cc(C(=O)Nc3cccc(N4CC(C)OCC4C)c3)[nH]c12. The fourth-order valence-corrected chi connectivity index (χ4v) is 3.67. The number of amides is 1. The average Bonchev–Trinajstić information content (AvgIpc) is 3.14. The van der Waals surface area contributed by atoms with Crippen LogP contribution in [0.3, 0.4) is 0 Å². The van der Waals surface area contributed by atoms with Crippen molar-refractivity contribution >= 4 is 28.2 Å². The van der Waals surface area contributed by atoms with E-state index in [0.29, 0.717) is 28.9 Å². The molecule has 3 aromatic rings. The topological polar surface area (TPSA) is 57.4 Å². The van der Waals surface area contributed by atoms with Crippen LogP contribution in [0.2, 0.25) is 0 Å². The molecule has 2 N–H and O–H groups in total. The maximum atomic E-state index is 14.0. The molecule has 0 saturated carbocycles. The minimum absolute atomic E-state index is 0.166. The van der Waals surface area contributed by atoms with Crippen molar-refractivity contribution < 1.29 is 13.9 Å². The van der Waals surface area contributed by atoms with E-state index in [4.69, 9.17) is 4.74 Å². The van der Waals surface area contributed by atoms with Crippen LogP contribution in [-0.4, -0.2) is 36.2 Å². The first-order valence-corrected chi connectivity index (χ1v) is 9.50. The Labute approximate surface area is 163 Å². The predicted octanol–water partition coefficient (Wildman–Crippen LogP) is 4.48. The number of anilines is 2. The number of rotatable bonds is 3. The normalized spacial score (nSPS) is 19.8. The summed E-state index contributed by atoms with van der Waals surface area (Å²) in [5.74, 6) is -0.635. The monoisotopic (exact) mass is 381 g/mol. The number of nitrogens with zero attached hydrogens (tertiary/aromatic N) is 1. The third kappa shape index (κ3) is 3.47. The van der Waals surface area contributed by atoms with Gasteiger partial charge in [-0.05, 0) is 56.7 Å². The molecule has 28 heavy (non-hydrogen) atoms. The molecule has 2 aromatic carbocycles. The van der Waals surface area contributed by atoms with E-state index in [-0.39, 0.29) is 23.9 Å². The number of hydrogen-bond donors (Lipinski definition) is 2. The van der Waals surface area contributed by atoms with Crippen LogP contribution in [0.15, 0.2) is 42.5 Å². The molecule has 5 nitrogen and oxygen atoms in total. The average molecular weight is 381 g/mol. The van der Waals surface area contributed by atoms with Crippen molar-refractivity contribution in [1.29, 1.82) is 0 Å². The predicted molar refractivity (Wildman–Crippen MR) is 110 cm³/mol. The fourth-order valence-electron chi connectivity index (χ4n) is 3.67. The zero-order valence-electron chi connectivity index (χ0n) is 16.3. The highest BCUT2D eigenvalue weighted by Crippen LogP contribution is 2.26. The standard InChI is InChI=1S/C22H24FN3O2/c1-13-7-8-19(23)18-10-20(25-21(13)18)22(27)24-16-5-4-6-17(9-16)26-11-15(3)28-12-14(26)2/h4-10,14-15,25H,11-12H2,1-3H3,(H,24,27). The maximum absolute atomic E-state index is 14.0. The number of carbonyl (C=O) groups is 1. The van der Waals surface area contributed by atoms with E-state index in [9.17, 15) is 9.18 Å². The first-order chi connectivity index (χ1) is 13.4. The van der Waals surface area contributed by atoms with Crippen molar-refractivity contribution in [3.05, 3.63) is 59.5 Å². The van der Waals surface area contributed by atoms with Crippen LogP contribution in [0, 0.1) is 12.7 Å². The summed E-state index contributed by atoms with van der Waals surface area (Å²) in [5.41, 5.74) is 3.62. The third-order valence-electron chi connectivity index (χ3n) is 5.24. The molecular formula is C22H24FN3O2. The molecule has 1 aromatic heterocycles. The highest BCUT2D eigenvalue weighted by molar-refractivity contribution is 6.06. The Kier molecular flexibility index (Phi) is 4.81.